The van der Waals surface area contributed by atoms with E-state index in [1.807, 2.05) is 48.5 Å². The van der Waals surface area contributed by atoms with Gasteiger partial charge in [0.25, 0.3) is 0 Å². The topological polar surface area (TPSA) is 36.9 Å². The van der Waals surface area contributed by atoms with Crippen LogP contribution in [0.4, 0.5) is 0 Å². The predicted octanol–water partition coefficient (Wildman–Crippen LogP) is 6.49. The molecule has 0 saturated heterocycles. The van der Waals surface area contributed by atoms with Crippen LogP contribution in [0.5, 0.6) is 23.0 Å². The number of thiocarbonyl (C=S) groups is 2. The van der Waals surface area contributed by atoms with Crippen LogP contribution in [-0.2, 0) is 21.1 Å². The second kappa shape index (κ2) is 10.3. The van der Waals surface area contributed by atoms with Crippen molar-refractivity contribution in [1.82, 2.24) is 0 Å². The molecule has 0 amide bonds. The first-order valence-corrected chi connectivity index (χ1v) is 15.2. The maximum atomic E-state index is 6.88. The predicted molar refractivity (Wildman–Crippen MR) is 126 cm³/mol. The van der Waals surface area contributed by atoms with Gasteiger partial charge in [-0.15, -0.1) is 0 Å². The van der Waals surface area contributed by atoms with Gasteiger partial charge in [-0.05, 0) is 0 Å². The zero-order valence-electron chi connectivity index (χ0n) is 16.6. The second-order valence-corrected chi connectivity index (χ2v) is 14.4. The van der Waals surface area contributed by atoms with Crippen LogP contribution in [0.15, 0.2) is 91.5 Å². The van der Waals surface area contributed by atoms with Gasteiger partial charge >= 0.3 is 199 Å². The van der Waals surface area contributed by atoms with Gasteiger partial charge in [-0.25, -0.2) is 0 Å². The van der Waals surface area contributed by atoms with E-state index >= 15 is 0 Å². The summed E-state index contributed by atoms with van der Waals surface area (Å²) in [6.07, 6.45) is 14.1. The van der Waals surface area contributed by atoms with Crippen molar-refractivity contribution in [2.24, 2.45) is 0 Å². The maximum absolute atomic E-state index is 6.88. The van der Waals surface area contributed by atoms with Crippen molar-refractivity contribution in [2.75, 3.05) is 0 Å². The molecule has 7 heteroatoms. The molecule has 0 atom stereocenters. The molecule has 0 spiro atoms. The fraction of sp³-hybridized carbons (Fsp3) is 0.0833. The molecule has 2 aliphatic rings. The molecule has 2 aliphatic carbocycles. The van der Waals surface area contributed by atoms with Gasteiger partial charge in [0.1, 0.15) is 0 Å². The van der Waals surface area contributed by atoms with Gasteiger partial charge in [0, 0.05) is 0 Å². The first-order valence-electron chi connectivity index (χ1n) is 9.76. The monoisotopic (exact) mass is 526 g/mol. The Morgan fingerprint density at radius 3 is 1.42 bits per heavy atom. The van der Waals surface area contributed by atoms with E-state index in [1.165, 1.54) is 17.7 Å². The van der Waals surface area contributed by atoms with E-state index in [0.717, 1.165) is 12.8 Å². The third-order valence-electron chi connectivity index (χ3n) is 4.94. The molecule has 0 fully saturated rings. The first kappa shape index (κ1) is 21.9. The Balaban J connectivity index is 1.84. The van der Waals surface area contributed by atoms with E-state index in [1.54, 1.807) is 0 Å². The van der Waals surface area contributed by atoms with Gasteiger partial charge in [0.2, 0.25) is 0 Å². The summed E-state index contributed by atoms with van der Waals surface area (Å²) in [5.41, 5.74) is 2.46. The fourth-order valence-electron chi connectivity index (χ4n) is 3.55. The molecule has 0 aliphatic heterocycles. The average molecular weight is 528 g/mol. The van der Waals surface area contributed by atoms with E-state index in [4.69, 9.17) is 39.5 Å². The van der Waals surface area contributed by atoms with E-state index < -0.39 is 21.1 Å². The molecule has 0 aromatic heterocycles. The molecule has 0 bridgehead atoms. The molecule has 4 nitrogen and oxygen atoms in total. The first-order chi connectivity index (χ1) is 15.3. The Hall–Kier alpha value is -2.34. The third kappa shape index (κ3) is 4.79. The SMILES string of the molecule is S=COc1ccccc1[O][Zr]([O]c1ccccc1OC=S)([C]1=CC=CC1)[C]1=CC=CC1. The minimum absolute atomic E-state index is 0.559. The molecule has 31 heavy (non-hydrogen) atoms. The molecule has 0 unspecified atom stereocenters. The van der Waals surface area contributed by atoms with Gasteiger partial charge in [-0.3, -0.25) is 0 Å². The summed E-state index contributed by atoms with van der Waals surface area (Å²) < 4.78 is 27.2. The van der Waals surface area contributed by atoms with Crippen molar-refractivity contribution in [1.29, 1.82) is 0 Å². The van der Waals surface area contributed by atoms with E-state index in [2.05, 4.69) is 36.5 Å². The summed E-state index contributed by atoms with van der Waals surface area (Å²) in [6, 6.07) is 15.0. The van der Waals surface area contributed by atoms with Crippen LogP contribution < -0.4 is 15.1 Å². The summed E-state index contributed by atoms with van der Waals surface area (Å²) in [4.78, 5) is 0. The van der Waals surface area contributed by atoms with Crippen molar-refractivity contribution in [3.63, 3.8) is 0 Å². The molecule has 4 rings (SSSR count). The zero-order chi connectivity index (χ0) is 21.5. The zero-order valence-corrected chi connectivity index (χ0v) is 20.7. The summed E-state index contributed by atoms with van der Waals surface area (Å²) in [6.45, 7) is 0. The molecule has 0 heterocycles. The Morgan fingerprint density at radius 1 is 0.645 bits per heavy atom. The van der Waals surface area contributed by atoms with Crippen LogP contribution in [0.2, 0.25) is 0 Å². The average Bonchev–Trinajstić information content (AvgIpc) is 3.51. The third-order valence-corrected chi connectivity index (χ3v) is 13.6. The Morgan fingerprint density at radius 2 is 1.06 bits per heavy atom. The van der Waals surface area contributed by atoms with Crippen molar-refractivity contribution in [3.05, 3.63) is 91.5 Å². The number of benzene rings is 2. The van der Waals surface area contributed by atoms with Crippen molar-refractivity contribution >= 4 is 35.5 Å². The van der Waals surface area contributed by atoms with E-state index in [-0.39, 0.29) is 0 Å². The standard InChI is InChI=1S/2C7H6O2S.2C5H5.Zr/c2*8-6-3-1-2-4-7(6)9-5-10;2*1-2-4-5-3-1;/h2*1-5,8H;2*1-3H,4H2;/q;;;;+2/p-2. The number of rotatable bonds is 10. The van der Waals surface area contributed by atoms with Gasteiger partial charge in [0.05, 0.1) is 0 Å². The second-order valence-electron chi connectivity index (χ2n) is 6.79. The number of hydrogen-bond acceptors (Lipinski definition) is 6. The van der Waals surface area contributed by atoms with Crippen LogP contribution in [-0.4, -0.2) is 11.1 Å². The molecular formula is C24H20O4S2Zr. The van der Waals surface area contributed by atoms with E-state index in [9.17, 15) is 0 Å². The summed E-state index contributed by atoms with van der Waals surface area (Å²) in [5.74, 6) is 2.33. The number of ether oxygens (including phenoxy) is 2. The van der Waals surface area contributed by atoms with Crippen LogP contribution in [0.1, 0.15) is 12.8 Å². The van der Waals surface area contributed by atoms with Crippen LogP contribution in [0.25, 0.3) is 0 Å². The van der Waals surface area contributed by atoms with Crippen LogP contribution >= 0.6 is 24.4 Å². The summed E-state index contributed by atoms with van der Waals surface area (Å²) in [5, 5.41) is 0. The van der Waals surface area contributed by atoms with Crippen molar-refractivity contribution in [2.45, 2.75) is 12.8 Å². The summed E-state index contributed by atoms with van der Waals surface area (Å²) in [7, 11) is 0. The number of para-hydroxylation sites is 4. The van der Waals surface area contributed by atoms with Crippen LogP contribution in [0, 0.1) is 0 Å². The number of hydrogen-bond donors (Lipinski definition) is 0. The molecule has 0 saturated carbocycles. The Bertz CT molecular complexity index is 1020. The molecule has 156 valence electrons. The molecule has 2 aromatic rings. The Labute approximate surface area is 198 Å². The van der Waals surface area contributed by atoms with Gasteiger partial charge in [-0.2, -0.15) is 0 Å². The van der Waals surface area contributed by atoms with E-state index in [0.29, 0.717) is 23.0 Å². The quantitative estimate of drug-likeness (QED) is 0.329. The van der Waals surface area contributed by atoms with Gasteiger partial charge in [-0.1, -0.05) is 0 Å². The van der Waals surface area contributed by atoms with Gasteiger partial charge < -0.3 is 0 Å². The molecule has 0 N–H and O–H groups in total. The van der Waals surface area contributed by atoms with Crippen LogP contribution in [0.3, 0.4) is 0 Å². The molecule has 0 radical (unpaired) electrons. The molecule has 2 aromatic carbocycles. The minimum atomic E-state index is -4.20. The fourth-order valence-corrected chi connectivity index (χ4v) is 12.0. The summed E-state index contributed by atoms with van der Waals surface area (Å²) >= 11 is 5.62. The van der Waals surface area contributed by atoms with Crippen molar-refractivity contribution in [3.8, 4) is 23.0 Å². The van der Waals surface area contributed by atoms with Gasteiger partial charge in [0.15, 0.2) is 0 Å². The van der Waals surface area contributed by atoms with Crippen molar-refractivity contribution < 1.29 is 36.2 Å². The molecular weight excluding hydrogens is 508 g/mol. The normalized spacial score (nSPS) is 14.6. The Kier molecular flexibility index (Phi) is 7.28. The number of allylic oxidation sites excluding steroid dienone is 8.